The number of hydrogen-bond acceptors (Lipinski definition) is 3. The summed E-state index contributed by atoms with van der Waals surface area (Å²) in [4.78, 5) is 17.5. The predicted octanol–water partition coefficient (Wildman–Crippen LogP) is 3.57. The molecule has 0 atom stereocenters. The van der Waals surface area contributed by atoms with E-state index in [9.17, 15) is 4.79 Å². The topological polar surface area (TPSA) is 59.8 Å². The maximum absolute atomic E-state index is 12.8. The third kappa shape index (κ3) is 3.07. The van der Waals surface area contributed by atoms with Crippen LogP contribution in [-0.2, 0) is 13.6 Å². The Kier molecular flexibility index (Phi) is 4.19. The summed E-state index contributed by atoms with van der Waals surface area (Å²) in [6, 6.07) is 21.5. The number of fused-ring (bicyclic) bond motifs is 1. The van der Waals surface area contributed by atoms with E-state index in [1.165, 1.54) is 0 Å². The molecule has 0 radical (unpaired) electrons. The van der Waals surface area contributed by atoms with Crippen molar-refractivity contribution >= 4 is 16.9 Å². The highest BCUT2D eigenvalue weighted by molar-refractivity contribution is 6.06. The maximum atomic E-state index is 12.8. The van der Waals surface area contributed by atoms with Gasteiger partial charge in [-0.3, -0.25) is 9.48 Å². The Morgan fingerprint density at radius 2 is 1.73 bits per heavy atom. The molecular formula is C21H18N4O. The smallest absolute Gasteiger partial charge is 0.252 e. The van der Waals surface area contributed by atoms with Gasteiger partial charge in [0, 0.05) is 19.2 Å². The molecule has 0 bridgehead atoms. The molecule has 1 N–H and O–H groups in total. The average molecular weight is 342 g/mol. The molecular weight excluding hydrogens is 324 g/mol. The van der Waals surface area contributed by atoms with Crippen LogP contribution in [0.4, 0.5) is 0 Å². The van der Waals surface area contributed by atoms with E-state index in [0.29, 0.717) is 17.8 Å². The Balaban J connectivity index is 1.72. The van der Waals surface area contributed by atoms with Crippen LogP contribution in [0.25, 0.3) is 22.3 Å². The van der Waals surface area contributed by atoms with Crippen LogP contribution in [0.15, 0.2) is 72.9 Å². The summed E-state index contributed by atoms with van der Waals surface area (Å²) in [6.07, 6.45) is 1.69. The molecule has 1 amide bonds. The number of carbonyl (C=O) groups is 1. The minimum absolute atomic E-state index is 0.133. The third-order valence-corrected chi connectivity index (χ3v) is 4.32. The van der Waals surface area contributed by atoms with E-state index < -0.39 is 0 Å². The summed E-state index contributed by atoms with van der Waals surface area (Å²) in [6.45, 7) is 0.477. The quantitative estimate of drug-likeness (QED) is 0.617. The lowest BCUT2D eigenvalue weighted by Crippen LogP contribution is -2.23. The van der Waals surface area contributed by atoms with Crippen LogP contribution < -0.4 is 5.32 Å². The maximum Gasteiger partial charge on any atom is 0.252 e. The van der Waals surface area contributed by atoms with Crippen molar-refractivity contribution in [2.24, 2.45) is 7.05 Å². The number of carbonyl (C=O) groups excluding carboxylic acids is 1. The lowest BCUT2D eigenvalue weighted by molar-refractivity contribution is 0.0952. The number of benzene rings is 2. The van der Waals surface area contributed by atoms with Gasteiger partial charge < -0.3 is 5.32 Å². The van der Waals surface area contributed by atoms with Gasteiger partial charge in [-0.1, -0.05) is 60.7 Å². The molecule has 0 saturated heterocycles. The second-order valence-electron chi connectivity index (χ2n) is 6.09. The molecule has 4 rings (SSSR count). The fourth-order valence-corrected chi connectivity index (χ4v) is 2.93. The Labute approximate surface area is 151 Å². The van der Waals surface area contributed by atoms with E-state index in [1.54, 1.807) is 10.9 Å². The van der Waals surface area contributed by atoms with Gasteiger partial charge in [-0.2, -0.15) is 5.10 Å². The van der Waals surface area contributed by atoms with Gasteiger partial charge >= 0.3 is 0 Å². The molecule has 0 unspecified atom stereocenters. The van der Waals surface area contributed by atoms with E-state index in [-0.39, 0.29) is 5.91 Å². The van der Waals surface area contributed by atoms with Crippen LogP contribution in [0.1, 0.15) is 15.9 Å². The third-order valence-electron chi connectivity index (χ3n) is 4.32. The number of amides is 1. The average Bonchev–Trinajstić information content (AvgIpc) is 3.08. The number of nitrogens with one attached hydrogen (secondary N) is 1. The number of aromatic nitrogens is 3. The zero-order chi connectivity index (χ0) is 17.9. The molecule has 26 heavy (non-hydrogen) atoms. The molecule has 2 heterocycles. The lowest BCUT2D eigenvalue weighted by Gasteiger charge is -2.09. The molecule has 5 nitrogen and oxygen atoms in total. The van der Waals surface area contributed by atoms with Crippen molar-refractivity contribution in [2.45, 2.75) is 6.54 Å². The molecule has 2 aromatic carbocycles. The van der Waals surface area contributed by atoms with Crippen LogP contribution in [0.2, 0.25) is 0 Å². The molecule has 0 aliphatic heterocycles. The van der Waals surface area contributed by atoms with Crippen LogP contribution in [0.3, 0.4) is 0 Å². The Hall–Kier alpha value is -3.47. The molecule has 0 saturated carbocycles. The van der Waals surface area contributed by atoms with Crippen molar-refractivity contribution in [3.8, 4) is 11.3 Å². The van der Waals surface area contributed by atoms with Crippen molar-refractivity contribution in [2.75, 3.05) is 0 Å². The molecule has 0 aliphatic rings. The van der Waals surface area contributed by atoms with Crippen LogP contribution in [0, 0.1) is 0 Å². The van der Waals surface area contributed by atoms with Gasteiger partial charge in [-0.15, -0.1) is 0 Å². The minimum Gasteiger partial charge on any atom is -0.348 e. The molecule has 4 aromatic rings. The number of hydrogen-bond donors (Lipinski definition) is 1. The van der Waals surface area contributed by atoms with Crippen molar-refractivity contribution in [1.82, 2.24) is 20.1 Å². The highest BCUT2D eigenvalue weighted by atomic mass is 16.1. The predicted molar refractivity (Wildman–Crippen MR) is 102 cm³/mol. The second kappa shape index (κ2) is 6.80. The summed E-state index contributed by atoms with van der Waals surface area (Å²) in [5.74, 6) is -0.133. The van der Waals surface area contributed by atoms with Crippen molar-refractivity contribution < 1.29 is 4.79 Å². The van der Waals surface area contributed by atoms with Crippen molar-refractivity contribution in [3.63, 3.8) is 0 Å². The first-order valence-corrected chi connectivity index (χ1v) is 8.42. The summed E-state index contributed by atoms with van der Waals surface area (Å²) in [7, 11) is 1.83. The fourth-order valence-electron chi connectivity index (χ4n) is 2.93. The van der Waals surface area contributed by atoms with Gasteiger partial charge in [-0.25, -0.2) is 4.98 Å². The normalized spacial score (nSPS) is 10.8. The second-order valence-corrected chi connectivity index (χ2v) is 6.09. The zero-order valence-electron chi connectivity index (χ0n) is 14.4. The minimum atomic E-state index is -0.133. The van der Waals surface area contributed by atoms with E-state index in [1.807, 2.05) is 73.8 Å². The Morgan fingerprint density at radius 3 is 2.46 bits per heavy atom. The standard InChI is InChI=1S/C21H18N4O/c1-25-20-18(14-23-25)17(12-19(24-20)16-10-6-3-7-11-16)21(26)22-13-15-8-4-2-5-9-15/h2-12,14H,13H2,1H3,(H,22,26). The van der Waals surface area contributed by atoms with E-state index in [4.69, 9.17) is 0 Å². The number of rotatable bonds is 4. The van der Waals surface area contributed by atoms with E-state index in [2.05, 4.69) is 15.4 Å². The Bertz CT molecular complexity index is 1060. The molecule has 0 spiro atoms. The first-order chi connectivity index (χ1) is 12.7. The van der Waals surface area contributed by atoms with Crippen molar-refractivity contribution in [1.29, 1.82) is 0 Å². The largest absolute Gasteiger partial charge is 0.348 e. The van der Waals surface area contributed by atoms with Gasteiger partial charge in [0.2, 0.25) is 0 Å². The van der Waals surface area contributed by atoms with Crippen molar-refractivity contribution in [3.05, 3.63) is 84.1 Å². The molecule has 128 valence electrons. The monoisotopic (exact) mass is 342 g/mol. The number of pyridine rings is 1. The molecule has 0 aliphatic carbocycles. The lowest BCUT2D eigenvalue weighted by atomic mass is 10.1. The zero-order valence-corrected chi connectivity index (χ0v) is 14.4. The highest BCUT2D eigenvalue weighted by Crippen LogP contribution is 2.24. The van der Waals surface area contributed by atoms with Gasteiger partial charge in [-0.05, 0) is 11.6 Å². The summed E-state index contributed by atoms with van der Waals surface area (Å²) >= 11 is 0. The molecule has 2 aromatic heterocycles. The summed E-state index contributed by atoms with van der Waals surface area (Å²) in [5, 5.41) is 8.01. The van der Waals surface area contributed by atoms with Crippen LogP contribution >= 0.6 is 0 Å². The number of nitrogens with zero attached hydrogens (tertiary/aromatic N) is 3. The van der Waals surface area contributed by atoms with E-state index in [0.717, 1.165) is 22.2 Å². The van der Waals surface area contributed by atoms with Gasteiger partial charge in [0.05, 0.1) is 22.8 Å². The van der Waals surface area contributed by atoms with Gasteiger partial charge in [0.15, 0.2) is 5.65 Å². The van der Waals surface area contributed by atoms with E-state index >= 15 is 0 Å². The van der Waals surface area contributed by atoms with Crippen LogP contribution in [0.5, 0.6) is 0 Å². The summed E-state index contributed by atoms with van der Waals surface area (Å²) < 4.78 is 1.69. The SMILES string of the molecule is Cn1ncc2c(C(=O)NCc3ccccc3)cc(-c3ccccc3)nc21. The van der Waals surface area contributed by atoms with Gasteiger partial charge in [0.25, 0.3) is 5.91 Å². The number of aryl methyl sites for hydroxylation is 1. The fraction of sp³-hybridized carbons (Fsp3) is 0.0952. The van der Waals surface area contributed by atoms with Crippen LogP contribution in [-0.4, -0.2) is 20.7 Å². The first-order valence-electron chi connectivity index (χ1n) is 8.42. The van der Waals surface area contributed by atoms with Gasteiger partial charge in [0.1, 0.15) is 0 Å². The first kappa shape index (κ1) is 16.0. The summed E-state index contributed by atoms with van der Waals surface area (Å²) in [5.41, 5.74) is 4.05. The Morgan fingerprint density at radius 1 is 1.04 bits per heavy atom. The highest BCUT2D eigenvalue weighted by Gasteiger charge is 2.16. The molecule has 5 heteroatoms. The molecule has 0 fully saturated rings.